The van der Waals surface area contributed by atoms with Crippen molar-refractivity contribution in [3.8, 4) is 0 Å². The third-order valence-electron chi connectivity index (χ3n) is 2.66. The molecule has 0 aliphatic rings. The quantitative estimate of drug-likeness (QED) is 0.755. The van der Waals surface area contributed by atoms with Gasteiger partial charge in [0.1, 0.15) is 11.8 Å². The Kier molecular flexibility index (Phi) is 2.67. The zero-order valence-electron chi connectivity index (χ0n) is 10.0. The number of rotatable bonds is 3. The van der Waals surface area contributed by atoms with Crippen molar-refractivity contribution in [2.45, 2.75) is 19.9 Å². The van der Waals surface area contributed by atoms with Gasteiger partial charge in [0.2, 0.25) is 0 Å². The topological polar surface area (TPSA) is 79.4 Å². The van der Waals surface area contributed by atoms with Gasteiger partial charge in [-0.25, -0.2) is 19.9 Å². The minimum atomic E-state index is 0.0938. The lowest BCUT2D eigenvalue weighted by atomic mass is 10.2. The molecule has 0 saturated carbocycles. The Morgan fingerprint density at radius 2 is 2.22 bits per heavy atom. The van der Waals surface area contributed by atoms with Crippen molar-refractivity contribution in [2.75, 3.05) is 5.32 Å². The molecule has 0 aliphatic carbocycles. The third kappa shape index (κ3) is 1.92. The lowest BCUT2D eigenvalue weighted by Gasteiger charge is -2.12. The molecule has 2 N–H and O–H groups in total. The SMILES string of the molecule is Cc1nc([C@H](C)Nc2ncnc3nc[nH]c23)cs1. The molecule has 0 saturated heterocycles. The average Bonchev–Trinajstić information content (AvgIpc) is 2.97. The van der Waals surface area contributed by atoms with E-state index in [0.29, 0.717) is 5.65 Å². The fraction of sp³-hybridized carbons (Fsp3) is 0.273. The van der Waals surface area contributed by atoms with E-state index in [1.54, 1.807) is 17.7 Å². The van der Waals surface area contributed by atoms with Gasteiger partial charge in [0.05, 0.1) is 23.1 Å². The normalized spacial score (nSPS) is 12.8. The second-order valence-electron chi connectivity index (χ2n) is 3.98. The Bertz CT molecular complexity index is 673. The molecule has 0 fully saturated rings. The van der Waals surface area contributed by atoms with Gasteiger partial charge in [-0.3, -0.25) is 0 Å². The summed E-state index contributed by atoms with van der Waals surface area (Å²) in [5, 5.41) is 6.44. The van der Waals surface area contributed by atoms with Crippen molar-refractivity contribution >= 4 is 28.3 Å². The zero-order valence-corrected chi connectivity index (χ0v) is 10.8. The van der Waals surface area contributed by atoms with Gasteiger partial charge in [-0.2, -0.15) is 0 Å². The molecule has 1 atom stereocenters. The molecule has 3 rings (SSSR count). The van der Waals surface area contributed by atoms with E-state index in [2.05, 4.69) is 42.5 Å². The molecule has 0 aliphatic heterocycles. The number of nitrogens with one attached hydrogen (secondary N) is 2. The van der Waals surface area contributed by atoms with E-state index in [1.807, 2.05) is 6.92 Å². The molecule has 0 radical (unpaired) electrons. The van der Waals surface area contributed by atoms with Crippen LogP contribution in [0.4, 0.5) is 5.82 Å². The Morgan fingerprint density at radius 1 is 1.33 bits per heavy atom. The van der Waals surface area contributed by atoms with Crippen LogP contribution in [0.25, 0.3) is 11.2 Å². The zero-order chi connectivity index (χ0) is 12.5. The maximum Gasteiger partial charge on any atom is 0.182 e. The smallest absolute Gasteiger partial charge is 0.182 e. The third-order valence-corrected chi connectivity index (χ3v) is 3.45. The van der Waals surface area contributed by atoms with Crippen LogP contribution >= 0.6 is 11.3 Å². The molecular formula is C11H12N6S. The summed E-state index contributed by atoms with van der Waals surface area (Å²) >= 11 is 1.64. The van der Waals surface area contributed by atoms with Crippen LogP contribution in [0.3, 0.4) is 0 Å². The Balaban J connectivity index is 1.90. The number of imidazole rings is 1. The molecule has 18 heavy (non-hydrogen) atoms. The first-order valence-electron chi connectivity index (χ1n) is 5.56. The summed E-state index contributed by atoms with van der Waals surface area (Å²) in [6.45, 7) is 4.05. The molecule has 0 amide bonds. The Labute approximate surface area is 108 Å². The molecular weight excluding hydrogens is 248 g/mol. The standard InChI is InChI=1S/C11H12N6S/c1-6(8-3-18-7(2)17-8)16-11-9-10(13-4-12-9)14-5-15-11/h3-6H,1-2H3,(H2,12,13,14,15,16)/t6-/m0/s1. The van der Waals surface area contributed by atoms with Crippen molar-refractivity contribution in [2.24, 2.45) is 0 Å². The monoisotopic (exact) mass is 260 g/mol. The van der Waals surface area contributed by atoms with Crippen LogP contribution in [0.5, 0.6) is 0 Å². The molecule has 3 heterocycles. The second kappa shape index (κ2) is 4.34. The summed E-state index contributed by atoms with van der Waals surface area (Å²) in [7, 11) is 0. The van der Waals surface area contributed by atoms with E-state index >= 15 is 0 Å². The molecule has 6 nitrogen and oxygen atoms in total. The highest BCUT2D eigenvalue weighted by Gasteiger charge is 2.12. The van der Waals surface area contributed by atoms with Crippen LogP contribution in [0.2, 0.25) is 0 Å². The lowest BCUT2D eigenvalue weighted by molar-refractivity contribution is 0.838. The van der Waals surface area contributed by atoms with E-state index in [0.717, 1.165) is 22.0 Å². The average molecular weight is 260 g/mol. The van der Waals surface area contributed by atoms with Crippen LogP contribution in [0.15, 0.2) is 18.0 Å². The number of aromatic amines is 1. The second-order valence-corrected chi connectivity index (χ2v) is 5.04. The molecule has 0 bridgehead atoms. The van der Waals surface area contributed by atoms with E-state index in [-0.39, 0.29) is 6.04 Å². The van der Waals surface area contributed by atoms with Crippen molar-refractivity contribution in [3.05, 3.63) is 28.7 Å². The van der Waals surface area contributed by atoms with Crippen LogP contribution in [-0.2, 0) is 0 Å². The number of anilines is 1. The first-order chi connectivity index (χ1) is 8.74. The fourth-order valence-corrected chi connectivity index (χ4v) is 2.44. The minimum Gasteiger partial charge on any atom is -0.360 e. The fourth-order valence-electron chi connectivity index (χ4n) is 1.73. The van der Waals surface area contributed by atoms with Gasteiger partial charge in [-0.05, 0) is 13.8 Å². The molecule has 3 aromatic heterocycles. The maximum absolute atomic E-state index is 4.46. The van der Waals surface area contributed by atoms with Crippen molar-refractivity contribution in [1.29, 1.82) is 0 Å². The summed E-state index contributed by atoms with van der Waals surface area (Å²) in [5.74, 6) is 0.746. The van der Waals surface area contributed by atoms with Crippen molar-refractivity contribution in [1.82, 2.24) is 24.9 Å². The molecule has 92 valence electrons. The van der Waals surface area contributed by atoms with Gasteiger partial charge in [-0.1, -0.05) is 0 Å². The van der Waals surface area contributed by atoms with Crippen molar-refractivity contribution < 1.29 is 0 Å². The highest BCUT2D eigenvalue weighted by Crippen LogP contribution is 2.22. The number of aryl methyl sites for hydroxylation is 1. The largest absolute Gasteiger partial charge is 0.360 e. The molecule has 0 unspecified atom stereocenters. The highest BCUT2D eigenvalue weighted by molar-refractivity contribution is 7.09. The van der Waals surface area contributed by atoms with Gasteiger partial charge in [0.25, 0.3) is 0 Å². The minimum absolute atomic E-state index is 0.0938. The first kappa shape index (κ1) is 11.1. The van der Waals surface area contributed by atoms with Gasteiger partial charge in [0.15, 0.2) is 11.5 Å². The molecule has 3 aromatic rings. The van der Waals surface area contributed by atoms with Crippen LogP contribution in [0.1, 0.15) is 23.7 Å². The lowest BCUT2D eigenvalue weighted by Crippen LogP contribution is -2.09. The Morgan fingerprint density at radius 3 is 3.00 bits per heavy atom. The van der Waals surface area contributed by atoms with Crippen molar-refractivity contribution in [3.63, 3.8) is 0 Å². The number of thiazole rings is 1. The molecule has 0 spiro atoms. The highest BCUT2D eigenvalue weighted by atomic mass is 32.1. The van der Waals surface area contributed by atoms with Gasteiger partial charge in [-0.15, -0.1) is 11.3 Å². The van der Waals surface area contributed by atoms with E-state index in [9.17, 15) is 0 Å². The molecule has 0 aromatic carbocycles. The predicted octanol–water partition coefficient (Wildman–Crippen LogP) is 2.29. The van der Waals surface area contributed by atoms with Gasteiger partial charge in [0, 0.05) is 5.38 Å². The maximum atomic E-state index is 4.46. The summed E-state index contributed by atoms with van der Waals surface area (Å²) in [6.07, 6.45) is 3.12. The number of hydrogen-bond donors (Lipinski definition) is 2. The Hall–Kier alpha value is -2.02. The van der Waals surface area contributed by atoms with Crippen LogP contribution in [-0.4, -0.2) is 24.9 Å². The first-order valence-corrected chi connectivity index (χ1v) is 6.44. The summed E-state index contributed by atoms with van der Waals surface area (Å²) in [6, 6.07) is 0.0938. The summed E-state index contributed by atoms with van der Waals surface area (Å²) in [5.41, 5.74) is 2.49. The molecule has 7 heteroatoms. The number of nitrogens with zero attached hydrogens (tertiary/aromatic N) is 4. The van der Waals surface area contributed by atoms with E-state index in [1.165, 1.54) is 6.33 Å². The predicted molar refractivity (Wildman–Crippen MR) is 70.6 cm³/mol. The van der Waals surface area contributed by atoms with Crippen LogP contribution in [0, 0.1) is 6.92 Å². The van der Waals surface area contributed by atoms with Gasteiger partial charge < -0.3 is 10.3 Å². The van der Waals surface area contributed by atoms with Gasteiger partial charge >= 0.3 is 0 Å². The number of hydrogen-bond acceptors (Lipinski definition) is 6. The van der Waals surface area contributed by atoms with Crippen LogP contribution < -0.4 is 5.32 Å². The summed E-state index contributed by atoms with van der Waals surface area (Å²) < 4.78 is 0. The number of H-pyrrole nitrogens is 1. The number of aromatic nitrogens is 5. The van der Waals surface area contributed by atoms with E-state index in [4.69, 9.17) is 0 Å². The number of fused-ring (bicyclic) bond motifs is 1. The summed E-state index contributed by atoms with van der Waals surface area (Å²) in [4.78, 5) is 19.9. The van der Waals surface area contributed by atoms with E-state index < -0.39 is 0 Å².